The third-order valence-electron chi connectivity index (χ3n) is 3.78. The van der Waals surface area contributed by atoms with Gasteiger partial charge in [0.15, 0.2) is 0 Å². The predicted molar refractivity (Wildman–Crippen MR) is 91.4 cm³/mol. The molecule has 6 heteroatoms. The van der Waals surface area contributed by atoms with Crippen molar-refractivity contribution in [2.24, 2.45) is 11.3 Å². The maximum Gasteiger partial charge on any atom is 0.307 e. The van der Waals surface area contributed by atoms with Crippen LogP contribution in [0.1, 0.15) is 32.9 Å². The Hall–Kier alpha value is -2.08. The summed E-state index contributed by atoms with van der Waals surface area (Å²) in [5.41, 5.74) is 0.759. The Morgan fingerprint density at radius 1 is 1.33 bits per heavy atom. The first-order valence-corrected chi connectivity index (χ1v) is 8.49. The van der Waals surface area contributed by atoms with Gasteiger partial charge in [-0.05, 0) is 17.5 Å². The van der Waals surface area contributed by atoms with Gasteiger partial charge in [0.25, 0.3) is 0 Å². The van der Waals surface area contributed by atoms with E-state index in [1.165, 1.54) is 23.5 Å². The number of Topliss-reactive ketones (excluding diaryl/α,β-unsaturated/α-hetero) is 1. The van der Waals surface area contributed by atoms with Crippen LogP contribution in [0, 0.1) is 17.2 Å². The first-order valence-electron chi connectivity index (χ1n) is 7.61. The van der Waals surface area contributed by atoms with Gasteiger partial charge < -0.3 is 5.11 Å². The topological polar surface area (TPSA) is 67.3 Å². The Labute approximate surface area is 144 Å². The van der Waals surface area contributed by atoms with Gasteiger partial charge in [0.2, 0.25) is 0 Å². The van der Waals surface area contributed by atoms with E-state index in [0.29, 0.717) is 16.3 Å². The highest BCUT2D eigenvalue weighted by Gasteiger charge is 2.33. The average molecular weight is 349 g/mol. The highest BCUT2D eigenvalue weighted by molar-refractivity contribution is 7.13. The lowest BCUT2D eigenvalue weighted by molar-refractivity contribution is -0.147. The number of carboxylic acids is 1. The molecular weight excluding hydrogens is 329 g/mol. The molecule has 128 valence electrons. The minimum absolute atomic E-state index is 0.0222. The molecule has 2 rings (SSSR count). The van der Waals surface area contributed by atoms with E-state index in [0.717, 1.165) is 0 Å². The van der Waals surface area contributed by atoms with Crippen molar-refractivity contribution in [1.82, 2.24) is 4.98 Å². The summed E-state index contributed by atoms with van der Waals surface area (Å²) in [5.74, 6) is -2.19. The second-order valence-electron chi connectivity index (χ2n) is 6.83. The van der Waals surface area contributed by atoms with Gasteiger partial charge in [-0.1, -0.05) is 32.9 Å². The molecule has 1 heterocycles. The van der Waals surface area contributed by atoms with E-state index < -0.39 is 17.3 Å². The van der Waals surface area contributed by atoms with Crippen molar-refractivity contribution < 1.29 is 19.1 Å². The zero-order valence-corrected chi connectivity index (χ0v) is 14.7. The summed E-state index contributed by atoms with van der Waals surface area (Å²) in [6.07, 6.45) is 0.0668. The standard InChI is InChI=1S/C18H20FNO3S/c1-18(2,3)15(17(22)23)9-14(21)8-13-10-24-16(20-13)11-5-4-6-12(19)7-11/h4-7,10,15H,8-9H2,1-3H3,(H,22,23)/t15-/m1/s1. The second kappa shape index (κ2) is 7.21. The number of hydrogen-bond donors (Lipinski definition) is 1. The van der Waals surface area contributed by atoms with Gasteiger partial charge in [0.05, 0.1) is 11.6 Å². The summed E-state index contributed by atoms with van der Waals surface area (Å²) in [5, 5.41) is 11.7. The molecule has 0 radical (unpaired) electrons. The maximum absolute atomic E-state index is 13.3. The summed E-state index contributed by atoms with van der Waals surface area (Å²) < 4.78 is 13.3. The molecule has 1 N–H and O–H groups in total. The molecule has 0 saturated carbocycles. The number of carbonyl (C=O) groups is 2. The third kappa shape index (κ3) is 4.71. The SMILES string of the molecule is CC(C)(C)[C@H](CC(=O)Cc1csc(-c2cccc(F)c2)n1)C(=O)O. The molecule has 2 aromatic rings. The highest BCUT2D eigenvalue weighted by Crippen LogP contribution is 2.30. The lowest BCUT2D eigenvalue weighted by atomic mass is 9.77. The number of halogens is 1. The number of rotatable bonds is 6. The minimum Gasteiger partial charge on any atom is -0.481 e. The van der Waals surface area contributed by atoms with Crippen LogP contribution < -0.4 is 0 Å². The summed E-state index contributed by atoms with van der Waals surface area (Å²) in [4.78, 5) is 27.9. The Kier molecular flexibility index (Phi) is 5.49. The molecule has 24 heavy (non-hydrogen) atoms. The normalized spacial score (nSPS) is 12.8. The predicted octanol–water partition coefficient (Wildman–Crippen LogP) is 4.20. The zero-order valence-electron chi connectivity index (χ0n) is 13.9. The summed E-state index contributed by atoms with van der Waals surface area (Å²) in [6, 6.07) is 6.12. The van der Waals surface area contributed by atoms with Crippen LogP contribution >= 0.6 is 11.3 Å². The molecule has 0 unspecified atom stereocenters. The molecule has 0 aliphatic heterocycles. The van der Waals surface area contributed by atoms with Crippen molar-refractivity contribution in [2.75, 3.05) is 0 Å². The number of nitrogens with zero attached hydrogens (tertiary/aromatic N) is 1. The monoisotopic (exact) mass is 349 g/mol. The number of ketones is 1. The molecule has 0 saturated heterocycles. The van der Waals surface area contributed by atoms with Gasteiger partial charge in [-0.2, -0.15) is 0 Å². The van der Waals surface area contributed by atoms with Crippen molar-refractivity contribution in [3.8, 4) is 10.6 Å². The number of aliphatic carboxylic acids is 1. The third-order valence-corrected chi connectivity index (χ3v) is 4.72. The van der Waals surface area contributed by atoms with E-state index in [4.69, 9.17) is 0 Å². The quantitative estimate of drug-likeness (QED) is 0.849. The van der Waals surface area contributed by atoms with Crippen LogP contribution in [0.3, 0.4) is 0 Å². The Balaban J connectivity index is 2.06. The van der Waals surface area contributed by atoms with Crippen LogP contribution in [0.15, 0.2) is 29.6 Å². The fourth-order valence-electron chi connectivity index (χ4n) is 2.41. The summed E-state index contributed by atoms with van der Waals surface area (Å²) in [7, 11) is 0. The van der Waals surface area contributed by atoms with Crippen LogP contribution in [0.2, 0.25) is 0 Å². The number of carbonyl (C=O) groups excluding carboxylic acids is 1. The summed E-state index contributed by atoms with van der Waals surface area (Å²) >= 11 is 1.34. The number of benzene rings is 1. The van der Waals surface area contributed by atoms with E-state index >= 15 is 0 Å². The van der Waals surface area contributed by atoms with Crippen molar-refractivity contribution in [3.05, 3.63) is 41.2 Å². The van der Waals surface area contributed by atoms with Gasteiger partial charge in [0.1, 0.15) is 16.6 Å². The van der Waals surface area contributed by atoms with E-state index in [1.807, 2.05) is 20.8 Å². The first kappa shape index (κ1) is 18.3. The average Bonchev–Trinajstić information content (AvgIpc) is 2.91. The van der Waals surface area contributed by atoms with Crippen LogP contribution in [0.25, 0.3) is 10.6 Å². The van der Waals surface area contributed by atoms with Gasteiger partial charge in [-0.3, -0.25) is 9.59 Å². The van der Waals surface area contributed by atoms with Gasteiger partial charge in [-0.15, -0.1) is 11.3 Å². The van der Waals surface area contributed by atoms with Gasteiger partial charge >= 0.3 is 5.97 Å². The molecule has 0 spiro atoms. The zero-order chi connectivity index (χ0) is 17.9. The fourth-order valence-corrected chi connectivity index (χ4v) is 3.22. The smallest absolute Gasteiger partial charge is 0.307 e. The number of thiazole rings is 1. The van der Waals surface area contributed by atoms with E-state index in [1.54, 1.807) is 17.5 Å². The minimum atomic E-state index is -0.963. The van der Waals surface area contributed by atoms with Gasteiger partial charge in [-0.25, -0.2) is 9.37 Å². The lowest BCUT2D eigenvalue weighted by Gasteiger charge is -2.26. The summed E-state index contributed by atoms with van der Waals surface area (Å²) in [6.45, 7) is 5.43. The number of hydrogen-bond acceptors (Lipinski definition) is 4. The second-order valence-corrected chi connectivity index (χ2v) is 7.69. The van der Waals surface area contributed by atoms with Crippen molar-refractivity contribution in [2.45, 2.75) is 33.6 Å². The lowest BCUT2D eigenvalue weighted by Crippen LogP contribution is -2.31. The molecule has 0 aliphatic rings. The van der Waals surface area contributed by atoms with E-state index in [-0.39, 0.29) is 24.4 Å². The maximum atomic E-state index is 13.3. The van der Waals surface area contributed by atoms with Crippen LogP contribution in [0.5, 0.6) is 0 Å². The number of aromatic nitrogens is 1. The van der Waals surface area contributed by atoms with Crippen molar-refractivity contribution in [1.29, 1.82) is 0 Å². The Morgan fingerprint density at radius 2 is 2.04 bits per heavy atom. The molecule has 4 nitrogen and oxygen atoms in total. The molecule has 1 atom stereocenters. The van der Waals surface area contributed by atoms with Crippen molar-refractivity contribution in [3.63, 3.8) is 0 Å². The number of carboxylic acid groups (broad SMARTS) is 1. The van der Waals surface area contributed by atoms with Crippen molar-refractivity contribution >= 4 is 23.1 Å². The van der Waals surface area contributed by atoms with E-state index in [2.05, 4.69) is 4.98 Å². The largest absolute Gasteiger partial charge is 0.481 e. The fraction of sp³-hybridized carbons (Fsp3) is 0.389. The Bertz CT molecular complexity index is 749. The molecule has 0 amide bonds. The molecule has 0 aliphatic carbocycles. The molecule has 1 aromatic carbocycles. The van der Waals surface area contributed by atoms with Crippen LogP contribution in [-0.4, -0.2) is 21.8 Å². The highest BCUT2D eigenvalue weighted by atomic mass is 32.1. The molecular formula is C18H20FNO3S. The molecule has 0 fully saturated rings. The Morgan fingerprint density at radius 3 is 2.62 bits per heavy atom. The first-order chi connectivity index (χ1) is 11.2. The van der Waals surface area contributed by atoms with E-state index in [9.17, 15) is 19.1 Å². The molecule has 0 bridgehead atoms. The molecule has 1 aromatic heterocycles. The van der Waals surface area contributed by atoms with Crippen LogP contribution in [0.4, 0.5) is 4.39 Å². The van der Waals surface area contributed by atoms with Crippen LogP contribution in [-0.2, 0) is 16.0 Å². The van der Waals surface area contributed by atoms with Gasteiger partial charge in [0, 0.05) is 23.8 Å².